The van der Waals surface area contributed by atoms with Crippen molar-refractivity contribution >= 4 is 11.6 Å². The summed E-state index contributed by atoms with van der Waals surface area (Å²) in [6.45, 7) is 17.0. The summed E-state index contributed by atoms with van der Waals surface area (Å²) in [7, 11) is 1.71. The van der Waals surface area contributed by atoms with Gasteiger partial charge in [0.2, 0.25) is 5.79 Å². The molecule has 1 saturated heterocycles. The van der Waals surface area contributed by atoms with Crippen LogP contribution in [0.4, 0.5) is 0 Å². The van der Waals surface area contributed by atoms with Crippen LogP contribution in [0, 0.1) is 13.8 Å². The van der Waals surface area contributed by atoms with Gasteiger partial charge in [0.05, 0.1) is 11.1 Å². The fourth-order valence-corrected chi connectivity index (χ4v) is 4.14. The summed E-state index contributed by atoms with van der Waals surface area (Å²) in [5.74, 6) is -0.923. The van der Waals surface area contributed by atoms with Crippen LogP contribution in [0.5, 0.6) is 0 Å². The second-order valence-electron chi connectivity index (χ2n) is 8.27. The SMILES string of the molecule is CCC1(C)NC(C)(C)[C@](OC)(c2cc(C)c(C)c(Cl)c2)OC1(C)C.[HH].[HH].[HH].[HH].[HH].[HH].[HH].[HH].[HH].[HH].[HH].[HH].[HH].[HH].[HH].[HH].[HH].[HH].[HH].[HH].[HH].[HH].[HH].[HH].[HH].[HH].[HH].[HH].[HH].[HH].[HH].[HH].[HH].[HH].[HH].[HH].[HH].[HH].[HH].[HH].[HH].[HH].[HH]. The molecule has 0 aromatic heterocycles. The molecular weight excluding hydrogens is 322 g/mol. The number of ether oxygens (including phenoxy) is 2. The Balaban J connectivity index is -0.00000000363. The van der Waals surface area contributed by atoms with Crippen LogP contribution < -0.4 is 5.32 Å². The van der Waals surface area contributed by atoms with E-state index in [2.05, 4.69) is 59.8 Å². The lowest BCUT2D eigenvalue weighted by Crippen LogP contribution is -2.77. The van der Waals surface area contributed by atoms with E-state index in [1.165, 1.54) is 0 Å². The maximum atomic E-state index is 6.72. The number of hydrogen-bond donors (Lipinski definition) is 1. The standard InChI is InChI=1S/C20H32ClNO2.43H2/c1-10-19(8)18(6,7)24-20(23-9,17(4,5)22-19)15-11-13(2)14(3)16(21)12-15;;;;;;;;;;;;;;;;;;;;;;;;;;;;;;;;;;;;;;;;;;;/h11-12,22H,10H2,1-9H3;43*1H/t19?,20-;;;;;;;;;;;;;;;;;;;;;;;;;;;;;;;;;;;;;;;;;;;/m0.........................................../s1. The molecule has 0 amide bonds. The lowest BCUT2D eigenvalue weighted by atomic mass is 9.72. The van der Waals surface area contributed by atoms with Gasteiger partial charge in [-0.1, -0.05) is 24.6 Å². The molecule has 0 saturated carbocycles. The van der Waals surface area contributed by atoms with Gasteiger partial charge in [-0.3, -0.25) is 5.32 Å². The molecule has 1 N–H and O–H groups in total. The highest BCUT2D eigenvalue weighted by atomic mass is 35.5. The van der Waals surface area contributed by atoms with E-state index in [1.54, 1.807) is 7.11 Å². The molecule has 222 valence electrons. The Labute approximate surface area is 215 Å². The highest BCUT2D eigenvalue weighted by Gasteiger charge is 2.61. The summed E-state index contributed by atoms with van der Waals surface area (Å²) < 4.78 is 12.8. The molecule has 1 aliphatic heterocycles. The molecule has 24 heavy (non-hydrogen) atoms. The molecule has 1 aliphatic rings. The third-order valence-corrected chi connectivity index (χ3v) is 6.51. The summed E-state index contributed by atoms with van der Waals surface area (Å²) in [6.07, 6.45) is 0.955. The van der Waals surface area contributed by atoms with Gasteiger partial charge in [0.25, 0.3) is 0 Å². The largest absolute Gasteiger partial charge is 0.348 e. The van der Waals surface area contributed by atoms with E-state index < -0.39 is 16.9 Å². The maximum Gasteiger partial charge on any atom is 0.213 e. The van der Waals surface area contributed by atoms with Gasteiger partial charge in [-0.15, -0.1) is 0 Å². The molecule has 1 unspecified atom stereocenters. The summed E-state index contributed by atoms with van der Waals surface area (Å²) in [6, 6.07) is 4.10. The Kier molecular flexibility index (Phi) is 4.91. The van der Waals surface area contributed by atoms with E-state index >= 15 is 0 Å². The Morgan fingerprint density at radius 2 is 1.75 bits per heavy atom. The number of nitrogens with one attached hydrogen (secondary N) is 1. The Morgan fingerprint density at radius 1 is 1.17 bits per heavy atom. The zero-order chi connectivity index (χ0) is 18.6. The molecule has 0 aliphatic carbocycles. The minimum Gasteiger partial charge on any atom is -0.348 e. The topological polar surface area (TPSA) is 30.5 Å². The monoisotopic (exact) mass is 440 g/mol. The van der Waals surface area contributed by atoms with Crippen LogP contribution in [-0.4, -0.2) is 23.8 Å². The molecule has 0 bridgehead atoms. The van der Waals surface area contributed by atoms with Gasteiger partial charge in [-0.25, -0.2) is 0 Å². The average Bonchev–Trinajstić information content (AvgIpc) is 2.47. The minimum atomic E-state index is -0.923. The van der Waals surface area contributed by atoms with E-state index in [4.69, 9.17) is 21.1 Å². The Hall–Kier alpha value is -0.610. The van der Waals surface area contributed by atoms with E-state index in [1.807, 2.05) is 13.0 Å². The van der Waals surface area contributed by atoms with Crippen molar-refractivity contribution in [3.8, 4) is 0 Å². The van der Waals surface area contributed by atoms with Crippen LogP contribution >= 0.6 is 11.6 Å². The molecule has 1 aromatic rings. The van der Waals surface area contributed by atoms with Gasteiger partial charge in [0.1, 0.15) is 0 Å². The first-order valence-corrected chi connectivity index (χ1v) is 9.05. The fourth-order valence-electron chi connectivity index (χ4n) is 3.88. The lowest BCUT2D eigenvalue weighted by molar-refractivity contribution is -0.359. The lowest BCUT2D eigenvalue weighted by Gasteiger charge is -2.62. The van der Waals surface area contributed by atoms with Crippen LogP contribution in [0.2, 0.25) is 5.02 Å². The molecule has 0 radical (unpaired) electrons. The van der Waals surface area contributed by atoms with E-state index in [-0.39, 0.29) is 66.9 Å². The third kappa shape index (κ3) is 2.70. The van der Waals surface area contributed by atoms with Crippen molar-refractivity contribution < 1.29 is 70.8 Å². The van der Waals surface area contributed by atoms with Crippen LogP contribution in [0.3, 0.4) is 0 Å². The van der Waals surface area contributed by atoms with Gasteiger partial charge in [-0.05, 0) is 72.1 Å². The molecule has 1 fully saturated rings. The molecule has 2 rings (SSSR count). The predicted octanol–water partition coefficient (Wildman–Crippen LogP) is 15.7. The number of halogens is 1. The predicted molar refractivity (Wildman–Crippen MR) is 192 cm³/mol. The van der Waals surface area contributed by atoms with Gasteiger partial charge in [0.15, 0.2) is 0 Å². The maximum absolute atomic E-state index is 6.72. The number of hydrogen-bond acceptors (Lipinski definition) is 3. The molecule has 1 heterocycles. The van der Waals surface area contributed by atoms with Crippen molar-refractivity contribution in [1.29, 1.82) is 0 Å². The average molecular weight is 441 g/mol. The third-order valence-electron chi connectivity index (χ3n) is 6.12. The van der Waals surface area contributed by atoms with Crippen LogP contribution in [0.1, 0.15) is 126 Å². The molecule has 1 aromatic carbocycles. The van der Waals surface area contributed by atoms with Crippen molar-refractivity contribution in [2.45, 2.75) is 84.3 Å². The Bertz CT molecular complexity index is 681. The first kappa shape index (κ1) is 19.7. The molecule has 2 atom stereocenters. The first-order chi connectivity index (χ1) is 10.9. The van der Waals surface area contributed by atoms with Crippen molar-refractivity contribution in [3.63, 3.8) is 0 Å². The van der Waals surface area contributed by atoms with Crippen molar-refractivity contribution in [2.75, 3.05) is 7.11 Å². The summed E-state index contributed by atoms with van der Waals surface area (Å²) in [5.41, 5.74) is 2.15. The number of methoxy groups -OCH3 is 1. The molecule has 3 nitrogen and oxygen atoms in total. The van der Waals surface area contributed by atoms with E-state index in [0.29, 0.717) is 0 Å². The second kappa shape index (κ2) is 5.98. The fraction of sp³-hybridized carbons (Fsp3) is 0.700. The second-order valence-corrected chi connectivity index (χ2v) is 8.68. The van der Waals surface area contributed by atoms with Crippen LogP contribution in [0.25, 0.3) is 0 Å². The van der Waals surface area contributed by atoms with Crippen molar-refractivity contribution in [2.24, 2.45) is 0 Å². The number of benzene rings is 1. The molecule has 4 heteroatoms. The normalized spacial score (nSPS) is 31.9. The van der Waals surface area contributed by atoms with Gasteiger partial charge in [-0.2, -0.15) is 0 Å². The van der Waals surface area contributed by atoms with Crippen molar-refractivity contribution in [3.05, 3.63) is 33.8 Å². The van der Waals surface area contributed by atoms with E-state index in [0.717, 1.165) is 28.1 Å². The van der Waals surface area contributed by atoms with E-state index in [9.17, 15) is 0 Å². The van der Waals surface area contributed by atoms with Crippen molar-refractivity contribution in [1.82, 2.24) is 5.32 Å². The zero-order valence-corrected chi connectivity index (χ0v) is 17.3. The highest BCUT2D eigenvalue weighted by molar-refractivity contribution is 6.31. The van der Waals surface area contributed by atoms with Gasteiger partial charge >= 0.3 is 0 Å². The van der Waals surface area contributed by atoms with Gasteiger partial charge < -0.3 is 9.47 Å². The molecule has 0 spiro atoms. The Morgan fingerprint density at radius 3 is 2.21 bits per heavy atom. The quantitative estimate of drug-likeness (QED) is 0.507. The summed E-state index contributed by atoms with van der Waals surface area (Å²) in [5, 5.41) is 4.55. The number of rotatable bonds is 3. The van der Waals surface area contributed by atoms with Crippen LogP contribution in [-0.2, 0) is 15.3 Å². The summed E-state index contributed by atoms with van der Waals surface area (Å²) >= 11 is 6.47. The zero-order valence-electron chi connectivity index (χ0n) is 16.6. The number of morpholine rings is 1. The first-order valence-electron chi connectivity index (χ1n) is 8.67. The van der Waals surface area contributed by atoms with Gasteiger partial charge in [0, 0.05) is 84.6 Å². The number of aryl methyl sites for hydroxylation is 1. The minimum absolute atomic E-state index is 0. The molecular formula is C20H118ClNO2. The van der Waals surface area contributed by atoms with Crippen LogP contribution in [0.15, 0.2) is 12.1 Å². The smallest absolute Gasteiger partial charge is 0.213 e. The highest BCUT2D eigenvalue weighted by Crippen LogP contribution is 2.50. The summed E-state index contributed by atoms with van der Waals surface area (Å²) in [4.78, 5) is 0.